The van der Waals surface area contributed by atoms with E-state index in [1.807, 2.05) is 6.92 Å². The molecular formula is C16H17FN2O3S. The molecule has 0 atom stereocenters. The van der Waals surface area contributed by atoms with Gasteiger partial charge in [0.2, 0.25) is 0 Å². The highest BCUT2D eigenvalue weighted by molar-refractivity contribution is 7.13. The summed E-state index contributed by atoms with van der Waals surface area (Å²) in [5, 5.41) is 0.836. The number of aromatic nitrogens is 1. The molecule has 0 aliphatic heterocycles. The van der Waals surface area contributed by atoms with Crippen molar-refractivity contribution in [3.8, 4) is 0 Å². The molecule has 5 nitrogen and oxygen atoms in total. The highest BCUT2D eigenvalue weighted by Crippen LogP contribution is 2.24. The van der Waals surface area contributed by atoms with Gasteiger partial charge in [-0.3, -0.25) is 14.5 Å². The Bertz CT molecular complexity index is 730. The number of carbonyl (C=O) groups excluding carboxylic acids is 2. The van der Waals surface area contributed by atoms with Crippen molar-refractivity contribution in [3.05, 3.63) is 45.7 Å². The maximum absolute atomic E-state index is 13.5. The van der Waals surface area contributed by atoms with E-state index in [4.69, 9.17) is 0 Å². The second-order valence-corrected chi connectivity index (χ2v) is 5.91. The summed E-state index contributed by atoms with van der Waals surface area (Å²) in [6.07, 6.45) is 0.718. The third-order valence-electron chi connectivity index (χ3n) is 3.22. The second-order valence-electron chi connectivity index (χ2n) is 4.82. The summed E-state index contributed by atoms with van der Waals surface area (Å²) in [6.45, 7) is 3.40. The van der Waals surface area contributed by atoms with Crippen molar-refractivity contribution >= 4 is 28.9 Å². The first-order chi connectivity index (χ1) is 11.0. The Morgan fingerprint density at radius 3 is 2.70 bits per heavy atom. The van der Waals surface area contributed by atoms with Gasteiger partial charge in [-0.05, 0) is 31.5 Å². The molecule has 1 heterocycles. The molecule has 0 fully saturated rings. The lowest BCUT2D eigenvalue weighted by Crippen LogP contribution is -2.36. The molecule has 122 valence electrons. The Morgan fingerprint density at radius 1 is 1.39 bits per heavy atom. The van der Waals surface area contributed by atoms with Gasteiger partial charge in [0.1, 0.15) is 17.2 Å². The normalized spacial score (nSPS) is 10.4. The van der Waals surface area contributed by atoms with Crippen LogP contribution >= 0.6 is 11.3 Å². The Labute approximate surface area is 137 Å². The summed E-state index contributed by atoms with van der Waals surface area (Å²) in [7, 11) is 1.24. The number of aryl methyl sites for hydroxylation is 2. The van der Waals surface area contributed by atoms with E-state index in [1.54, 1.807) is 13.0 Å². The number of halogens is 1. The van der Waals surface area contributed by atoms with E-state index in [2.05, 4.69) is 9.72 Å². The van der Waals surface area contributed by atoms with Gasteiger partial charge in [-0.1, -0.05) is 13.0 Å². The number of hydrogen-bond acceptors (Lipinski definition) is 5. The number of anilines is 1. The van der Waals surface area contributed by atoms with Crippen molar-refractivity contribution in [1.29, 1.82) is 0 Å². The molecule has 7 heteroatoms. The molecule has 1 aromatic carbocycles. The van der Waals surface area contributed by atoms with Gasteiger partial charge in [-0.15, -0.1) is 11.3 Å². The number of methoxy groups -OCH3 is 1. The number of ether oxygens (including phenoxy) is 1. The molecule has 0 bridgehead atoms. The molecule has 0 radical (unpaired) electrons. The summed E-state index contributed by atoms with van der Waals surface area (Å²) in [5.41, 5.74) is 0.898. The Kier molecular flexibility index (Phi) is 5.44. The van der Waals surface area contributed by atoms with Crippen molar-refractivity contribution in [1.82, 2.24) is 4.98 Å². The molecule has 0 aliphatic carbocycles. The predicted octanol–water partition coefficient (Wildman–Crippen LogP) is 2.97. The second kappa shape index (κ2) is 7.32. The van der Waals surface area contributed by atoms with Gasteiger partial charge in [0.25, 0.3) is 5.91 Å². The van der Waals surface area contributed by atoms with E-state index in [9.17, 15) is 14.0 Å². The van der Waals surface area contributed by atoms with Crippen LogP contribution in [-0.2, 0) is 16.0 Å². The third-order valence-corrected chi connectivity index (χ3v) is 4.51. The summed E-state index contributed by atoms with van der Waals surface area (Å²) >= 11 is 1.28. The third kappa shape index (κ3) is 3.92. The van der Waals surface area contributed by atoms with E-state index in [0.29, 0.717) is 16.3 Å². The fourth-order valence-electron chi connectivity index (χ4n) is 2.04. The van der Waals surface area contributed by atoms with Crippen molar-refractivity contribution in [3.63, 3.8) is 0 Å². The Morgan fingerprint density at radius 2 is 2.13 bits per heavy atom. The van der Waals surface area contributed by atoms with E-state index in [-0.39, 0.29) is 6.54 Å². The fourth-order valence-corrected chi connectivity index (χ4v) is 3.00. The maximum atomic E-state index is 13.5. The van der Waals surface area contributed by atoms with E-state index in [1.165, 1.54) is 41.5 Å². The molecule has 2 rings (SSSR count). The first-order valence-electron chi connectivity index (χ1n) is 7.06. The van der Waals surface area contributed by atoms with Crippen LogP contribution in [0.3, 0.4) is 0 Å². The molecule has 0 N–H and O–H groups in total. The molecule has 0 saturated carbocycles. The minimum absolute atomic E-state index is 0.294. The van der Waals surface area contributed by atoms with Gasteiger partial charge >= 0.3 is 5.97 Å². The summed E-state index contributed by atoms with van der Waals surface area (Å²) in [5.74, 6) is -1.46. The zero-order chi connectivity index (χ0) is 17.0. The molecule has 23 heavy (non-hydrogen) atoms. The molecule has 1 amide bonds. The SMILES string of the molecule is CCc1nc(C)c(C(=O)N(CC(=O)OC)c2cccc(F)c2)s1. The van der Waals surface area contributed by atoms with Gasteiger partial charge in [0, 0.05) is 5.69 Å². The van der Waals surface area contributed by atoms with Crippen LogP contribution in [-0.4, -0.2) is 30.5 Å². The Hall–Kier alpha value is -2.28. The summed E-state index contributed by atoms with van der Waals surface area (Å²) < 4.78 is 18.1. The smallest absolute Gasteiger partial charge is 0.325 e. The van der Waals surface area contributed by atoms with Gasteiger partial charge in [-0.25, -0.2) is 9.37 Å². The molecule has 0 unspecified atom stereocenters. The van der Waals surface area contributed by atoms with Crippen LogP contribution in [0.5, 0.6) is 0 Å². The molecular weight excluding hydrogens is 319 g/mol. The predicted molar refractivity (Wildman–Crippen MR) is 86.3 cm³/mol. The lowest BCUT2D eigenvalue weighted by atomic mass is 10.2. The van der Waals surface area contributed by atoms with E-state index >= 15 is 0 Å². The minimum atomic E-state index is -0.583. The monoisotopic (exact) mass is 336 g/mol. The van der Waals surface area contributed by atoms with Crippen LogP contribution in [0.1, 0.15) is 27.3 Å². The van der Waals surface area contributed by atoms with Crippen LogP contribution in [0.15, 0.2) is 24.3 Å². The zero-order valence-electron chi connectivity index (χ0n) is 13.1. The van der Waals surface area contributed by atoms with Gasteiger partial charge in [-0.2, -0.15) is 0 Å². The number of benzene rings is 1. The van der Waals surface area contributed by atoms with E-state index < -0.39 is 17.7 Å². The number of hydrogen-bond donors (Lipinski definition) is 0. The molecule has 0 spiro atoms. The van der Waals surface area contributed by atoms with Gasteiger partial charge < -0.3 is 4.74 Å². The maximum Gasteiger partial charge on any atom is 0.325 e. The van der Waals surface area contributed by atoms with Crippen molar-refractivity contribution < 1.29 is 18.7 Å². The number of rotatable bonds is 5. The van der Waals surface area contributed by atoms with E-state index in [0.717, 1.165) is 11.4 Å². The standard InChI is InChI=1S/C16H17FN2O3S/c1-4-13-18-10(2)15(23-13)16(21)19(9-14(20)22-3)12-7-5-6-11(17)8-12/h5-8H,4,9H2,1-3H3. The largest absolute Gasteiger partial charge is 0.468 e. The van der Waals surface area contributed by atoms with Crippen LogP contribution in [0, 0.1) is 12.7 Å². The Balaban J connectivity index is 2.41. The number of nitrogens with zero attached hydrogens (tertiary/aromatic N) is 2. The number of thiazole rings is 1. The quantitative estimate of drug-likeness (QED) is 0.788. The highest BCUT2D eigenvalue weighted by atomic mass is 32.1. The van der Waals surface area contributed by atoms with Crippen LogP contribution in [0.25, 0.3) is 0 Å². The summed E-state index contributed by atoms with van der Waals surface area (Å²) in [4.78, 5) is 30.4. The first-order valence-corrected chi connectivity index (χ1v) is 7.88. The highest BCUT2D eigenvalue weighted by Gasteiger charge is 2.25. The van der Waals surface area contributed by atoms with Gasteiger partial charge in [0.15, 0.2) is 0 Å². The fraction of sp³-hybridized carbons (Fsp3) is 0.312. The van der Waals surface area contributed by atoms with Crippen molar-refractivity contribution in [2.24, 2.45) is 0 Å². The average Bonchev–Trinajstić information content (AvgIpc) is 2.92. The minimum Gasteiger partial charge on any atom is -0.468 e. The average molecular weight is 336 g/mol. The molecule has 0 saturated heterocycles. The summed E-state index contributed by atoms with van der Waals surface area (Å²) in [6, 6.07) is 5.54. The first kappa shape index (κ1) is 17.1. The molecule has 1 aromatic heterocycles. The lowest BCUT2D eigenvalue weighted by Gasteiger charge is -2.21. The topological polar surface area (TPSA) is 59.5 Å². The van der Waals surface area contributed by atoms with Crippen LogP contribution < -0.4 is 4.90 Å². The lowest BCUT2D eigenvalue weighted by molar-refractivity contribution is -0.138. The number of carbonyl (C=O) groups is 2. The number of esters is 1. The van der Waals surface area contributed by atoms with Crippen LogP contribution in [0.4, 0.5) is 10.1 Å². The van der Waals surface area contributed by atoms with Crippen LogP contribution in [0.2, 0.25) is 0 Å². The van der Waals surface area contributed by atoms with Gasteiger partial charge in [0.05, 0.1) is 17.8 Å². The van der Waals surface area contributed by atoms with Crippen molar-refractivity contribution in [2.45, 2.75) is 20.3 Å². The molecule has 0 aliphatic rings. The number of amides is 1. The molecule has 2 aromatic rings. The van der Waals surface area contributed by atoms with Crippen molar-refractivity contribution in [2.75, 3.05) is 18.6 Å². The zero-order valence-corrected chi connectivity index (χ0v) is 13.9.